The van der Waals surface area contributed by atoms with Crippen LogP contribution in [-0.2, 0) is 4.79 Å². The van der Waals surface area contributed by atoms with E-state index in [4.69, 9.17) is 5.11 Å². The smallest absolute Gasteiger partial charge is 0.317 e. The van der Waals surface area contributed by atoms with Crippen molar-refractivity contribution in [2.75, 3.05) is 26.7 Å². The Bertz CT molecular complexity index is 251. The molecule has 0 aromatic rings. The van der Waals surface area contributed by atoms with E-state index < -0.39 is 5.97 Å². The number of carboxylic acid groups (broad SMARTS) is 1. The summed E-state index contributed by atoms with van der Waals surface area (Å²) in [5.41, 5.74) is 0. The van der Waals surface area contributed by atoms with Gasteiger partial charge < -0.3 is 10.0 Å². The number of hydrogen-bond acceptors (Lipinski definition) is 3. The first-order valence-electron chi connectivity index (χ1n) is 6.33. The number of carboxylic acids is 1. The second-order valence-corrected chi connectivity index (χ2v) is 5.21. The molecule has 0 spiro atoms. The molecule has 1 unspecified atom stereocenters. The van der Waals surface area contributed by atoms with Crippen LogP contribution in [0.1, 0.15) is 32.1 Å². The molecule has 1 saturated carbocycles. The summed E-state index contributed by atoms with van der Waals surface area (Å²) in [5.74, 6) is -0.679. The number of aliphatic carboxylic acids is 1. The van der Waals surface area contributed by atoms with Crippen LogP contribution in [0.25, 0.3) is 0 Å². The molecule has 1 saturated heterocycles. The number of hydrogen-bond donors (Lipinski definition) is 1. The van der Waals surface area contributed by atoms with E-state index >= 15 is 0 Å². The van der Waals surface area contributed by atoms with Crippen molar-refractivity contribution in [3.05, 3.63) is 0 Å². The molecule has 1 aliphatic carbocycles. The van der Waals surface area contributed by atoms with Gasteiger partial charge in [-0.2, -0.15) is 0 Å². The highest BCUT2D eigenvalue weighted by atomic mass is 16.4. The van der Waals surface area contributed by atoms with E-state index in [1.807, 2.05) is 0 Å². The van der Waals surface area contributed by atoms with Gasteiger partial charge in [0.15, 0.2) is 0 Å². The summed E-state index contributed by atoms with van der Waals surface area (Å²) in [4.78, 5) is 15.5. The second kappa shape index (κ2) is 5.15. The summed E-state index contributed by atoms with van der Waals surface area (Å²) in [6, 6.07) is 0.983. The van der Waals surface area contributed by atoms with Crippen molar-refractivity contribution in [3.8, 4) is 0 Å². The molecule has 1 aliphatic heterocycles. The van der Waals surface area contributed by atoms with Gasteiger partial charge in [-0.3, -0.25) is 9.69 Å². The van der Waals surface area contributed by atoms with Crippen molar-refractivity contribution in [1.82, 2.24) is 9.80 Å². The van der Waals surface area contributed by atoms with Crippen LogP contribution < -0.4 is 0 Å². The highest BCUT2D eigenvalue weighted by Crippen LogP contribution is 2.27. The lowest BCUT2D eigenvalue weighted by molar-refractivity contribution is -0.139. The summed E-state index contributed by atoms with van der Waals surface area (Å²) in [5, 5.41) is 9.02. The molecule has 1 atom stereocenters. The van der Waals surface area contributed by atoms with Gasteiger partial charge in [-0.15, -0.1) is 0 Å². The minimum Gasteiger partial charge on any atom is -0.480 e. The molecule has 0 amide bonds. The summed E-state index contributed by atoms with van der Waals surface area (Å²) in [6.45, 7) is 2.36. The molecule has 0 radical (unpaired) electrons. The maximum absolute atomic E-state index is 10.9. The zero-order valence-corrected chi connectivity index (χ0v) is 10.1. The number of carbonyl (C=O) groups is 1. The zero-order valence-electron chi connectivity index (χ0n) is 10.1. The van der Waals surface area contributed by atoms with Crippen LogP contribution in [0.2, 0.25) is 0 Å². The fourth-order valence-corrected chi connectivity index (χ4v) is 3.13. The predicted molar refractivity (Wildman–Crippen MR) is 62.5 cm³/mol. The van der Waals surface area contributed by atoms with Crippen molar-refractivity contribution < 1.29 is 9.90 Å². The highest BCUT2D eigenvalue weighted by Gasteiger charge is 2.33. The Labute approximate surface area is 97.2 Å². The molecule has 0 bridgehead atoms. The van der Waals surface area contributed by atoms with Gasteiger partial charge in [0, 0.05) is 18.6 Å². The van der Waals surface area contributed by atoms with E-state index in [0.717, 1.165) is 19.5 Å². The van der Waals surface area contributed by atoms with Crippen LogP contribution >= 0.6 is 0 Å². The third kappa shape index (κ3) is 2.74. The summed E-state index contributed by atoms with van der Waals surface area (Å²) >= 11 is 0. The first kappa shape index (κ1) is 11.9. The third-order valence-electron chi connectivity index (χ3n) is 3.95. The molecule has 1 N–H and O–H groups in total. The zero-order chi connectivity index (χ0) is 11.5. The fourth-order valence-electron chi connectivity index (χ4n) is 3.13. The maximum Gasteiger partial charge on any atom is 0.317 e. The largest absolute Gasteiger partial charge is 0.480 e. The first-order chi connectivity index (χ1) is 7.66. The minimum absolute atomic E-state index is 0.225. The van der Waals surface area contributed by atoms with E-state index in [1.54, 1.807) is 0 Å². The Hall–Kier alpha value is -0.610. The Morgan fingerprint density at radius 2 is 2.00 bits per heavy atom. The lowest BCUT2D eigenvalue weighted by atomic mass is 10.1. The minimum atomic E-state index is -0.679. The molecular weight excluding hydrogens is 204 g/mol. The summed E-state index contributed by atoms with van der Waals surface area (Å²) in [7, 11) is 2.12. The van der Waals surface area contributed by atoms with Gasteiger partial charge in [0.2, 0.25) is 0 Å². The molecule has 2 rings (SSSR count). The molecule has 4 nitrogen and oxygen atoms in total. The SMILES string of the molecule is CN1CCC(N(CC(=O)O)C2CCCC2)C1. The van der Waals surface area contributed by atoms with E-state index in [1.165, 1.54) is 25.7 Å². The van der Waals surface area contributed by atoms with Crippen LogP contribution in [0, 0.1) is 0 Å². The van der Waals surface area contributed by atoms with Crippen molar-refractivity contribution in [2.24, 2.45) is 0 Å². The molecule has 0 aromatic heterocycles. The van der Waals surface area contributed by atoms with Gasteiger partial charge in [-0.1, -0.05) is 12.8 Å². The number of likely N-dealkylation sites (N-methyl/N-ethyl adjacent to an activating group) is 1. The van der Waals surface area contributed by atoms with Gasteiger partial charge in [0.25, 0.3) is 0 Å². The van der Waals surface area contributed by atoms with Crippen molar-refractivity contribution in [1.29, 1.82) is 0 Å². The summed E-state index contributed by atoms with van der Waals surface area (Å²) in [6.07, 6.45) is 6.04. The van der Waals surface area contributed by atoms with Crippen molar-refractivity contribution in [3.63, 3.8) is 0 Å². The molecule has 2 fully saturated rings. The third-order valence-corrected chi connectivity index (χ3v) is 3.95. The Balaban J connectivity index is 1.98. The van der Waals surface area contributed by atoms with E-state index in [0.29, 0.717) is 12.1 Å². The monoisotopic (exact) mass is 226 g/mol. The molecule has 2 aliphatic rings. The number of rotatable bonds is 4. The van der Waals surface area contributed by atoms with Crippen LogP contribution in [0.4, 0.5) is 0 Å². The molecular formula is C12H22N2O2. The van der Waals surface area contributed by atoms with Crippen molar-refractivity contribution >= 4 is 5.97 Å². The van der Waals surface area contributed by atoms with Crippen LogP contribution in [0.15, 0.2) is 0 Å². The normalized spacial score (nSPS) is 28.0. The lowest BCUT2D eigenvalue weighted by Gasteiger charge is -2.32. The van der Waals surface area contributed by atoms with Gasteiger partial charge in [0.05, 0.1) is 6.54 Å². The van der Waals surface area contributed by atoms with Gasteiger partial charge >= 0.3 is 5.97 Å². The van der Waals surface area contributed by atoms with Gasteiger partial charge in [-0.05, 0) is 32.9 Å². The van der Waals surface area contributed by atoms with Gasteiger partial charge in [0.1, 0.15) is 0 Å². The number of likely N-dealkylation sites (tertiary alicyclic amines) is 1. The molecule has 92 valence electrons. The van der Waals surface area contributed by atoms with Crippen LogP contribution in [-0.4, -0.2) is 59.6 Å². The highest BCUT2D eigenvalue weighted by molar-refractivity contribution is 5.69. The van der Waals surface area contributed by atoms with E-state index in [9.17, 15) is 4.79 Å². The molecule has 16 heavy (non-hydrogen) atoms. The quantitative estimate of drug-likeness (QED) is 0.777. The van der Waals surface area contributed by atoms with Crippen molar-refractivity contribution in [2.45, 2.75) is 44.2 Å². The van der Waals surface area contributed by atoms with Crippen LogP contribution in [0.5, 0.6) is 0 Å². The summed E-state index contributed by atoms with van der Waals surface area (Å²) < 4.78 is 0. The van der Waals surface area contributed by atoms with E-state index in [-0.39, 0.29) is 6.54 Å². The first-order valence-corrected chi connectivity index (χ1v) is 6.33. The topological polar surface area (TPSA) is 43.8 Å². The fraction of sp³-hybridized carbons (Fsp3) is 0.917. The lowest BCUT2D eigenvalue weighted by Crippen LogP contribution is -2.46. The average Bonchev–Trinajstić information content (AvgIpc) is 2.84. The predicted octanol–water partition coefficient (Wildman–Crippen LogP) is 1.02. The van der Waals surface area contributed by atoms with Crippen LogP contribution in [0.3, 0.4) is 0 Å². The number of nitrogens with zero attached hydrogens (tertiary/aromatic N) is 2. The molecule has 4 heteroatoms. The molecule has 0 aromatic carbocycles. The average molecular weight is 226 g/mol. The maximum atomic E-state index is 10.9. The Morgan fingerprint density at radius 1 is 1.31 bits per heavy atom. The second-order valence-electron chi connectivity index (χ2n) is 5.21. The Kier molecular flexibility index (Phi) is 3.82. The molecule has 1 heterocycles. The van der Waals surface area contributed by atoms with E-state index in [2.05, 4.69) is 16.8 Å². The Morgan fingerprint density at radius 3 is 2.50 bits per heavy atom. The van der Waals surface area contributed by atoms with Gasteiger partial charge in [-0.25, -0.2) is 0 Å². The standard InChI is InChI=1S/C12H22N2O2/c1-13-7-6-11(8-13)14(9-12(15)16)10-4-2-3-5-10/h10-11H,2-9H2,1H3,(H,15,16).